The highest BCUT2D eigenvalue weighted by atomic mass is 16.5. The van der Waals surface area contributed by atoms with Crippen LogP contribution >= 0.6 is 0 Å². The summed E-state index contributed by atoms with van der Waals surface area (Å²) in [4.78, 5) is 26.0. The van der Waals surface area contributed by atoms with E-state index in [0.717, 1.165) is 12.8 Å². The van der Waals surface area contributed by atoms with Crippen molar-refractivity contribution in [1.29, 1.82) is 0 Å². The van der Waals surface area contributed by atoms with Crippen molar-refractivity contribution in [3.05, 3.63) is 0 Å². The van der Waals surface area contributed by atoms with E-state index in [9.17, 15) is 9.59 Å². The van der Waals surface area contributed by atoms with Gasteiger partial charge < -0.3 is 20.7 Å². The summed E-state index contributed by atoms with van der Waals surface area (Å²) in [6.45, 7) is 4.02. The van der Waals surface area contributed by atoms with E-state index in [2.05, 4.69) is 5.32 Å². The number of hydrogen-bond donors (Lipinski definition) is 2. The lowest BCUT2D eigenvalue weighted by molar-refractivity contribution is -0.140. The van der Waals surface area contributed by atoms with Crippen LogP contribution in [-0.4, -0.2) is 54.6 Å². The third-order valence-corrected chi connectivity index (χ3v) is 3.99. The van der Waals surface area contributed by atoms with E-state index in [4.69, 9.17) is 10.5 Å². The Morgan fingerprint density at radius 3 is 2.42 bits per heavy atom. The maximum atomic E-state index is 12.2. The van der Waals surface area contributed by atoms with Crippen LogP contribution in [0.3, 0.4) is 0 Å². The van der Waals surface area contributed by atoms with Crippen LogP contribution in [0.2, 0.25) is 0 Å². The zero-order valence-electron chi connectivity index (χ0n) is 11.5. The lowest BCUT2D eigenvalue weighted by Crippen LogP contribution is -2.57. The number of ether oxygens (including phenoxy) is 1. The standard InChI is InChI=1S/C13H23N3O3/c1-10(11(17)16-6-8-19-9-7-16)15-12(18)13(14)4-2-3-5-13/h10H,2-9,14H2,1H3,(H,15,18). The molecule has 1 saturated carbocycles. The topological polar surface area (TPSA) is 84.7 Å². The number of nitrogens with one attached hydrogen (secondary N) is 1. The maximum absolute atomic E-state index is 12.2. The molecule has 108 valence electrons. The van der Waals surface area contributed by atoms with E-state index >= 15 is 0 Å². The van der Waals surface area contributed by atoms with E-state index in [1.807, 2.05) is 0 Å². The van der Waals surface area contributed by atoms with Gasteiger partial charge in [-0.3, -0.25) is 9.59 Å². The molecule has 1 atom stereocenters. The lowest BCUT2D eigenvalue weighted by Gasteiger charge is -2.31. The minimum Gasteiger partial charge on any atom is -0.378 e. The summed E-state index contributed by atoms with van der Waals surface area (Å²) >= 11 is 0. The fourth-order valence-corrected chi connectivity index (χ4v) is 2.69. The number of morpholine rings is 1. The van der Waals surface area contributed by atoms with E-state index < -0.39 is 11.6 Å². The van der Waals surface area contributed by atoms with Gasteiger partial charge in [-0.1, -0.05) is 12.8 Å². The second kappa shape index (κ2) is 5.88. The van der Waals surface area contributed by atoms with Gasteiger partial charge in [0.25, 0.3) is 0 Å². The molecule has 2 fully saturated rings. The molecule has 2 rings (SSSR count). The van der Waals surface area contributed by atoms with Gasteiger partial charge in [-0.2, -0.15) is 0 Å². The minimum atomic E-state index is -0.778. The van der Waals surface area contributed by atoms with Crippen LogP contribution in [0.4, 0.5) is 0 Å². The fraction of sp³-hybridized carbons (Fsp3) is 0.846. The molecule has 0 spiro atoms. The van der Waals surface area contributed by atoms with E-state index in [1.54, 1.807) is 11.8 Å². The number of carbonyl (C=O) groups is 2. The molecule has 2 amide bonds. The van der Waals surface area contributed by atoms with E-state index in [-0.39, 0.29) is 11.8 Å². The monoisotopic (exact) mass is 269 g/mol. The highest BCUT2D eigenvalue weighted by molar-refractivity contribution is 5.92. The molecule has 3 N–H and O–H groups in total. The number of rotatable bonds is 3. The first-order chi connectivity index (χ1) is 9.03. The van der Waals surface area contributed by atoms with Crippen molar-refractivity contribution in [2.24, 2.45) is 5.73 Å². The van der Waals surface area contributed by atoms with Crippen molar-refractivity contribution in [2.45, 2.75) is 44.2 Å². The molecule has 0 radical (unpaired) electrons. The Hall–Kier alpha value is -1.14. The van der Waals surface area contributed by atoms with Gasteiger partial charge in [0, 0.05) is 13.1 Å². The van der Waals surface area contributed by atoms with Crippen molar-refractivity contribution in [3.8, 4) is 0 Å². The Kier molecular flexibility index (Phi) is 4.42. The second-order valence-corrected chi connectivity index (χ2v) is 5.50. The largest absolute Gasteiger partial charge is 0.378 e. The normalized spacial score (nSPS) is 24.0. The summed E-state index contributed by atoms with van der Waals surface area (Å²) in [5.41, 5.74) is 5.29. The summed E-state index contributed by atoms with van der Waals surface area (Å²) in [5, 5.41) is 2.76. The molecular weight excluding hydrogens is 246 g/mol. The smallest absolute Gasteiger partial charge is 0.245 e. The summed E-state index contributed by atoms with van der Waals surface area (Å²) in [7, 11) is 0. The summed E-state index contributed by atoms with van der Waals surface area (Å²) in [6.07, 6.45) is 3.38. The van der Waals surface area contributed by atoms with Gasteiger partial charge in [0.05, 0.1) is 18.8 Å². The van der Waals surface area contributed by atoms with Crippen LogP contribution < -0.4 is 11.1 Å². The maximum Gasteiger partial charge on any atom is 0.245 e. The Bertz CT molecular complexity index is 347. The van der Waals surface area contributed by atoms with Crippen LogP contribution in [0, 0.1) is 0 Å². The zero-order chi connectivity index (χ0) is 13.9. The first-order valence-corrected chi connectivity index (χ1v) is 6.99. The molecule has 2 aliphatic rings. The number of hydrogen-bond acceptors (Lipinski definition) is 4. The summed E-state index contributed by atoms with van der Waals surface area (Å²) < 4.78 is 5.21. The molecule has 1 aliphatic carbocycles. The molecular formula is C13H23N3O3. The zero-order valence-corrected chi connectivity index (χ0v) is 11.5. The molecule has 1 aliphatic heterocycles. The van der Waals surface area contributed by atoms with Gasteiger partial charge in [0.1, 0.15) is 6.04 Å². The minimum absolute atomic E-state index is 0.0572. The van der Waals surface area contributed by atoms with Crippen molar-refractivity contribution in [1.82, 2.24) is 10.2 Å². The highest BCUT2D eigenvalue weighted by Gasteiger charge is 2.38. The molecule has 1 saturated heterocycles. The summed E-state index contributed by atoms with van der Waals surface area (Å²) in [6, 6.07) is -0.522. The highest BCUT2D eigenvalue weighted by Crippen LogP contribution is 2.27. The number of amides is 2. The van der Waals surface area contributed by atoms with Crippen molar-refractivity contribution in [3.63, 3.8) is 0 Å². The van der Waals surface area contributed by atoms with Crippen molar-refractivity contribution < 1.29 is 14.3 Å². The SMILES string of the molecule is CC(NC(=O)C1(N)CCCC1)C(=O)N1CCOCC1. The third-order valence-electron chi connectivity index (χ3n) is 3.99. The van der Waals surface area contributed by atoms with Crippen LogP contribution in [-0.2, 0) is 14.3 Å². The lowest BCUT2D eigenvalue weighted by atomic mass is 9.97. The number of nitrogens with zero attached hydrogens (tertiary/aromatic N) is 1. The summed E-state index contributed by atoms with van der Waals surface area (Å²) in [5.74, 6) is -0.252. The fourth-order valence-electron chi connectivity index (χ4n) is 2.69. The molecule has 0 aromatic heterocycles. The molecule has 6 heteroatoms. The predicted molar refractivity (Wildman–Crippen MR) is 70.4 cm³/mol. The van der Waals surface area contributed by atoms with Gasteiger partial charge in [-0.15, -0.1) is 0 Å². The number of nitrogens with two attached hydrogens (primary N) is 1. The Balaban J connectivity index is 1.87. The van der Waals surface area contributed by atoms with Gasteiger partial charge in [0.15, 0.2) is 0 Å². The molecule has 0 aromatic rings. The van der Waals surface area contributed by atoms with E-state index in [1.165, 1.54) is 0 Å². The van der Waals surface area contributed by atoms with Crippen LogP contribution in [0.1, 0.15) is 32.6 Å². The molecule has 0 aromatic carbocycles. The van der Waals surface area contributed by atoms with Crippen LogP contribution in [0.5, 0.6) is 0 Å². The Morgan fingerprint density at radius 1 is 1.26 bits per heavy atom. The Labute approximate surface area is 113 Å². The molecule has 0 bridgehead atoms. The van der Waals surface area contributed by atoms with Gasteiger partial charge in [-0.25, -0.2) is 0 Å². The van der Waals surface area contributed by atoms with Crippen molar-refractivity contribution >= 4 is 11.8 Å². The molecule has 1 heterocycles. The first-order valence-electron chi connectivity index (χ1n) is 6.99. The van der Waals surface area contributed by atoms with Gasteiger partial charge in [-0.05, 0) is 19.8 Å². The third kappa shape index (κ3) is 3.25. The first kappa shape index (κ1) is 14.3. The van der Waals surface area contributed by atoms with Crippen LogP contribution in [0.25, 0.3) is 0 Å². The second-order valence-electron chi connectivity index (χ2n) is 5.50. The van der Waals surface area contributed by atoms with Crippen molar-refractivity contribution in [2.75, 3.05) is 26.3 Å². The predicted octanol–water partition coefficient (Wildman–Crippen LogP) is -0.379. The number of carbonyl (C=O) groups excluding carboxylic acids is 2. The van der Waals surface area contributed by atoms with Crippen LogP contribution in [0.15, 0.2) is 0 Å². The molecule has 1 unspecified atom stereocenters. The average molecular weight is 269 g/mol. The molecule has 19 heavy (non-hydrogen) atoms. The Morgan fingerprint density at radius 2 is 1.84 bits per heavy atom. The molecule has 6 nitrogen and oxygen atoms in total. The average Bonchev–Trinajstić information content (AvgIpc) is 2.87. The van der Waals surface area contributed by atoms with Gasteiger partial charge in [0.2, 0.25) is 11.8 Å². The quantitative estimate of drug-likeness (QED) is 0.731. The van der Waals surface area contributed by atoms with E-state index in [0.29, 0.717) is 39.1 Å². The van der Waals surface area contributed by atoms with Gasteiger partial charge >= 0.3 is 0 Å².